The van der Waals surface area contributed by atoms with E-state index in [1.807, 2.05) is 30.3 Å². The monoisotopic (exact) mass is 470 g/mol. The number of amides is 1. The first kappa shape index (κ1) is 22.4. The van der Waals surface area contributed by atoms with Crippen LogP contribution in [0.2, 0.25) is 0 Å². The third-order valence-electron chi connectivity index (χ3n) is 6.37. The van der Waals surface area contributed by atoms with E-state index >= 15 is 0 Å². The van der Waals surface area contributed by atoms with Crippen molar-refractivity contribution in [3.63, 3.8) is 0 Å². The lowest BCUT2D eigenvalue weighted by molar-refractivity contribution is -0.929. The van der Waals surface area contributed by atoms with Crippen molar-refractivity contribution in [3.8, 4) is 5.75 Å². The van der Waals surface area contributed by atoms with E-state index in [1.54, 1.807) is 7.11 Å². The molecular formula is C28H28N3O2S+. The summed E-state index contributed by atoms with van der Waals surface area (Å²) in [6.07, 6.45) is 1.91. The number of methoxy groups -OCH3 is 1. The van der Waals surface area contributed by atoms with Gasteiger partial charge in [0.2, 0.25) is 0 Å². The summed E-state index contributed by atoms with van der Waals surface area (Å²) >= 11 is 1.48. The highest BCUT2D eigenvalue weighted by Gasteiger charge is 2.33. The molecule has 5 nitrogen and oxygen atoms in total. The van der Waals surface area contributed by atoms with Gasteiger partial charge < -0.3 is 14.5 Å². The topological polar surface area (TPSA) is 46.3 Å². The van der Waals surface area contributed by atoms with E-state index < -0.39 is 0 Å². The Morgan fingerprint density at radius 3 is 2.06 bits per heavy atom. The molecule has 0 aromatic heterocycles. The number of carbonyl (C=O) groups excluding carboxylic acids is 1. The van der Waals surface area contributed by atoms with Gasteiger partial charge in [-0.05, 0) is 35.5 Å². The van der Waals surface area contributed by atoms with Crippen molar-refractivity contribution < 1.29 is 14.4 Å². The van der Waals surface area contributed by atoms with Gasteiger partial charge in [-0.2, -0.15) is 4.99 Å². The molecule has 3 aromatic carbocycles. The highest BCUT2D eigenvalue weighted by atomic mass is 32.2. The molecule has 1 N–H and O–H groups in total. The predicted octanol–water partition coefficient (Wildman–Crippen LogP) is 3.66. The number of aliphatic imine (C=N–C) groups is 1. The minimum Gasteiger partial charge on any atom is -0.497 e. The summed E-state index contributed by atoms with van der Waals surface area (Å²) < 4.78 is 5.21. The minimum absolute atomic E-state index is 0.156. The van der Waals surface area contributed by atoms with Crippen molar-refractivity contribution >= 4 is 28.9 Å². The summed E-state index contributed by atoms with van der Waals surface area (Å²) in [5, 5.41) is 0.819. The zero-order valence-electron chi connectivity index (χ0n) is 19.2. The van der Waals surface area contributed by atoms with Crippen molar-refractivity contribution in [2.24, 2.45) is 4.99 Å². The van der Waals surface area contributed by atoms with E-state index in [-0.39, 0.29) is 5.91 Å². The van der Waals surface area contributed by atoms with Crippen LogP contribution in [0.25, 0.3) is 6.08 Å². The summed E-state index contributed by atoms with van der Waals surface area (Å²) in [6, 6.07) is 29.5. The first-order chi connectivity index (χ1) is 16.7. The Morgan fingerprint density at radius 2 is 1.50 bits per heavy atom. The summed E-state index contributed by atoms with van der Waals surface area (Å²) in [6.45, 7) is 3.72. The van der Waals surface area contributed by atoms with Crippen LogP contribution in [-0.2, 0) is 4.79 Å². The lowest BCUT2D eigenvalue weighted by atomic mass is 9.96. The summed E-state index contributed by atoms with van der Waals surface area (Å²) in [5.74, 6) is 0.645. The Morgan fingerprint density at radius 1 is 0.912 bits per heavy atom. The Balaban J connectivity index is 1.27. The van der Waals surface area contributed by atoms with Crippen LogP contribution in [-0.4, -0.2) is 49.3 Å². The van der Waals surface area contributed by atoms with Gasteiger partial charge in [0, 0.05) is 11.1 Å². The third-order valence-corrected chi connectivity index (χ3v) is 7.42. The van der Waals surface area contributed by atoms with Gasteiger partial charge in [-0.3, -0.25) is 4.79 Å². The number of hydrogen-bond acceptors (Lipinski definition) is 4. The number of nitrogens with zero attached hydrogens (tertiary/aromatic N) is 2. The number of amidine groups is 1. The second kappa shape index (κ2) is 10.3. The number of rotatable bonds is 5. The molecule has 34 heavy (non-hydrogen) atoms. The van der Waals surface area contributed by atoms with E-state index in [0.717, 1.165) is 42.7 Å². The molecule has 172 valence electrons. The van der Waals surface area contributed by atoms with Crippen LogP contribution in [0.4, 0.5) is 0 Å². The number of nitrogens with one attached hydrogen (secondary N) is 1. The molecule has 3 aromatic rings. The molecule has 1 amide bonds. The largest absolute Gasteiger partial charge is 0.497 e. The average Bonchev–Trinajstić information content (AvgIpc) is 3.26. The van der Waals surface area contributed by atoms with Gasteiger partial charge in [0.1, 0.15) is 11.8 Å². The summed E-state index contributed by atoms with van der Waals surface area (Å²) in [5.41, 5.74) is 3.64. The molecule has 1 fully saturated rings. The van der Waals surface area contributed by atoms with Gasteiger partial charge >= 0.3 is 0 Å². The van der Waals surface area contributed by atoms with Gasteiger partial charge in [-0.15, -0.1) is 0 Å². The minimum atomic E-state index is -0.156. The van der Waals surface area contributed by atoms with E-state index in [4.69, 9.17) is 4.74 Å². The third kappa shape index (κ3) is 4.93. The fourth-order valence-corrected chi connectivity index (χ4v) is 5.58. The molecule has 0 atom stereocenters. The fourth-order valence-electron chi connectivity index (χ4n) is 4.61. The average molecular weight is 471 g/mol. The van der Waals surface area contributed by atoms with Crippen LogP contribution in [0, 0.1) is 0 Å². The number of benzene rings is 3. The van der Waals surface area contributed by atoms with Gasteiger partial charge in [0.05, 0.1) is 38.2 Å². The first-order valence-corrected chi connectivity index (χ1v) is 12.4. The van der Waals surface area contributed by atoms with Crippen molar-refractivity contribution in [3.05, 3.63) is 107 Å². The van der Waals surface area contributed by atoms with Crippen molar-refractivity contribution in [1.29, 1.82) is 0 Å². The van der Waals surface area contributed by atoms with Crippen LogP contribution in [0.3, 0.4) is 0 Å². The van der Waals surface area contributed by atoms with Gasteiger partial charge in [-0.25, -0.2) is 0 Å². The van der Waals surface area contributed by atoms with Crippen LogP contribution < -0.4 is 9.64 Å². The molecular weight excluding hydrogens is 442 g/mol. The van der Waals surface area contributed by atoms with Gasteiger partial charge in [-0.1, -0.05) is 72.8 Å². The van der Waals surface area contributed by atoms with Crippen LogP contribution >= 0.6 is 11.8 Å². The Kier molecular flexibility index (Phi) is 6.79. The number of hydrogen-bond donors (Lipinski definition) is 1. The molecule has 2 heterocycles. The SMILES string of the molecule is COc1ccc(/C=C2\SC(N3CC[NH+](C(c4ccccc4)c4ccccc4)CC3)=NC2=O)cc1. The number of ether oxygens (including phenoxy) is 1. The maximum Gasteiger partial charge on any atom is 0.286 e. The van der Waals surface area contributed by atoms with E-state index in [9.17, 15) is 4.79 Å². The number of thioether (sulfide) groups is 1. The number of carbonyl (C=O) groups is 1. The highest BCUT2D eigenvalue weighted by Crippen LogP contribution is 2.30. The summed E-state index contributed by atoms with van der Waals surface area (Å²) in [4.78, 5) is 21.4. The number of quaternary nitrogens is 1. The first-order valence-electron chi connectivity index (χ1n) is 11.6. The molecule has 0 aliphatic carbocycles. The molecule has 0 spiro atoms. The Labute approximate surface area is 204 Å². The van der Waals surface area contributed by atoms with Gasteiger partial charge in [0.15, 0.2) is 5.17 Å². The molecule has 0 saturated carbocycles. The highest BCUT2D eigenvalue weighted by molar-refractivity contribution is 8.18. The molecule has 2 aliphatic heterocycles. The van der Waals surface area contributed by atoms with E-state index in [1.165, 1.54) is 27.8 Å². The van der Waals surface area contributed by atoms with Gasteiger partial charge in [0.25, 0.3) is 5.91 Å². The summed E-state index contributed by atoms with van der Waals surface area (Å²) in [7, 11) is 1.65. The van der Waals surface area contributed by atoms with E-state index in [2.05, 4.69) is 70.6 Å². The molecule has 2 aliphatic rings. The standard InChI is InChI=1S/C28H27N3O2S/c1-33-24-14-12-21(13-15-24)20-25-27(32)29-28(34-25)31-18-16-30(17-19-31)26(22-8-4-2-5-9-22)23-10-6-3-7-11-23/h2-15,20,26H,16-19H2,1H3/p+1/b25-20-. The maximum atomic E-state index is 12.6. The quantitative estimate of drug-likeness (QED) is 0.579. The van der Waals surface area contributed by atoms with Crippen molar-refractivity contribution in [1.82, 2.24) is 4.90 Å². The fraction of sp³-hybridized carbons (Fsp3) is 0.214. The predicted molar refractivity (Wildman–Crippen MR) is 138 cm³/mol. The molecule has 0 radical (unpaired) electrons. The lowest BCUT2D eigenvalue weighted by Crippen LogP contribution is -3.15. The van der Waals surface area contributed by atoms with Crippen LogP contribution in [0.5, 0.6) is 5.75 Å². The molecule has 0 bridgehead atoms. The zero-order chi connectivity index (χ0) is 23.3. The van der Waals surface area contributed by atoms with Crippen molar-refractivity contribution in [2.75, 3.05) is 33.3 Å². The Bertz CT molecular complexity index is 1150. The van der Waals surface area contributed by atoms with Crippen LogP contribution in [0.15, 0.2) is 94.8 Å². The second-order valence-electron chi connectivity index (χ2n) is 8.48. The maximum absolute atomic E-state index is 12.6. The molecule has 1 saturated heterocycles. The lowest BCUT2D eigenvalue weighted by Gasteiger charge is -2.37. The normalized spacial score (nSPS) is 17.9. The second-order valence-corrected chi connectivity index (χ2v) is 9.49. The number of piperazine rings is 1. The van der Waals surface area contributed by atoms with Crippen LogP contribution in [0.1, 0.15) is 22.7 Å². The molecule has 5 rings (SSSR count). The van der Waals surface area contributed by atoms with Crippen molar-refractivity contribution in [2.45, 2.75) is 6.04 Å². The molecule has 0 unspecified atom stereocenters. The molecule has 6 heteroatoms. The Hall–Kier alpha value is -3.35. The smallest absolute Gasteiger partial charge is 0.286 e. The van der Waals surface area contributed by atoms with E-state index in [0.29, 0.717) is 10.9 Å². The zero-order valence-corrected chi connectivity index (χ0v) is 20.0.